The maximum atomic E-state index is 3.98. The molecule has 9 heavy (non-hydrogen) atoms. The minimum atomic E-state index is 1.01. The second-order valence-electron chi connectivity index (χ2n) is 3.10. The van der Waals surface area contributed by atoms with Crippen molar-refractivity contribution in [2.24, 2.45) is 5.92 Å². The molecule has 0 aliphatic heterocycles. The van der Waals surface area contributed by atoms with Gasteiger partial charge in [0.2, 0.25) is 0 Å². The predicted octanol–water partition coefficient (Wildman–Crippen LogP) is 3.14. The molecule has 0 aromatic heterocycles. The monoisotopic (exact) mass is 124 g/mol. The normalized spacial score (nSPS) is 22.6. The van der Waals surface area contributed by atoms with E-state index in [1.54, 1.807) is 0 Å². The first kappa shape index (κ1) is 6.85. The third-order valence-electron chi connectivity index (χ3n) is 2.39. The molecule has 0 radical (unpaired) electrons. The van der Waals surface area contributed by atoms with Crippen LogP contribution < -0.4 is 0 Å². The SMILES string of the molecule is C=C1CCC(CC)CC1. The maximum Gasteiger partial charge on any atom is -0.0320 e. The summed E-state index contributed by atoms with van der Waals surface area (Å²) in [5.74, 6) is 1.01. The van der Waals surface area contributed by atoms with Crippen molar-refractivity contribution in [3.63, 3.8) is 0 Å². The van der Waals surface area contributed by atoms with Gasteiger partial charge >= 0.3 is 0 Å². The number of rotatable bonds is 1. The van der Waals surface area contributed by atoms with E-state index in [1.165, 1.54) is 37.7 Å². The molecule has 0 amide bonds. The lowest BCUT2D eigenvalue weighted by Crippen LogP contribution is -2.05. The van der Waals surface area contributed by atoms with E-state index >= 15 is 0 Å². The molecule has 1 fully saturated rings. The van der Waals surface area contributed by atoms with Crippen LogP contribution in [-0.2, 0) is 0 Å². The molecule has 0 N–H and O–H groups in total. The van der Waals surface area contributed by atoms with Crippen molar-refractivity contribution in [3.05, 3.63) is 12.2 Å². The van der Waals surface area contributed by atoms with Gasteiger partial charge in [-0.3, -0.25) is 0 Å². The Morgan fingerprint density at radius 1 is 1.44 bits per heavy atom. The highest BCUT2D eigenvalue weighted by Gasteiger charge is 2.12. The fourth-order valence-electron chi connectivity index (χ4n) is 1.49. The summed E-state index contributed by atoms with van der Waals surface area (Å²) in [5.41, 5.74) is 1.47. The number of allylic oxidation sites excluding steroid dienone is 1. The van der Waals surface area contributed by atoms with Gasteiger partial charge in [-0.1, -0.05) is 25.5 Å². The third-order valence-corrected chi connectivity index (χ3v) is 2.39. The van der Waals surface area contributed by atoms with Gasteiger partial charge in [0, 0.05) is 0 Å². The van der Waals surface area contributed by atoms with Crippen LogP contribution in [0.15, 0.2) is 12.2 Å². The first-order chi connectivity index (χ1) is 4.33. The van der Waals surface area contributed by atoms with Gasteiger partial charge in [0.25, 0.3) is 0 Å². The Bertz CT molecular complexity index is 92.6. The van der Waals surface area contributed by atoms with Crippen LogP contribution in [0.3, 0.4) is 0 Å². The van der Waals surface area contributed by atoms with Crippen LogP contribution >= 0.6 is 0 Å². The fraction of sp³-hybridized carbons (Fsp3) is 0.778. The van der Waals surface area contributed by atoms with E-state index in [9.17, 15) is 0 Å². The van der Waals surface area contributed by atoms with E-state index in [2.05, 4.69) is 13.5 Å². The molecule has 0 unspecified atom stereocenters. The van der Waals surface area contributed by atoms with E-state index in [0.717, 1.165) is 5.92 Å². The summed E-state index contributed by atoms with van der Waals surface area (Å²) < 4.78 is 0. The Morgan fingerprint density at radius 3 is 2.44 bits per heavy atom. The van der Waals surface area contributed by atoms with Crippen LogP contribution in [0, 0.1) is 5.92 Å². The highest BCUT2D eigenvalue weighted by atomic mass is 14.2. The Balaban J connectivity index is 2.26. The standard InChI is InChI=1S/C9H16/c1-3-9-6-4-8(2)5-7-9/h9H,2-7H2,1H3. The average molecular weight is 124 g/mol. The van der Waals surface area contributed by atoms with E-state index in [-0.39, 0.29) is 0 Å². The molecule has 0 aromatic rings. The van der Waals surface area contributed by atoms with Crippen molar-refractivity contribution >= 4 is 0 Å². The Morgan fingerprint density at radius 2 is 2.00 bits per heavy atom. The van der Waals surface area contributed by atoms with Crippen LogP contribution in [0.4, 0.5) is 0 Å². The van der Waals surface area contributed by atoms with Gasteiger partial charge in [0.05, 0.1) is 0 Å². The van der Waals surface area contributed by atoms with Crippen molar-refractivity contribution in [2.75, 3.05) is 0 Å². The minimum absolute atomic E-state index is 1.01. The smallest absolute Gasteiger partial charge is 0.0320 e. The first-order valence-electron chi connectivity index (χ1n) is 3.99. The highest BCUT2D eigenvalue weighted by molar-refractivity contribution is 4.97. The molecule has 1 rings (SSSR count). The molecule has 0 bridgehead atoms. The molecule has 1 aliphatic rings. The Labute approximate surface area is 58.0 Å². The van der Waals surface area contributed by atoms with Crippen LogP contribution in [-0.4, -0.2) is 0 Å². The topological polar surface area (TPSA) is 0 Å². The summed E-state index contributed by atoms with van der Waals surface area (Å²) in [4.78, 5) is 0. The molecule has 1 saturated carbocycles. The second-order valence-corrected chi connectivity index (χ2v) is 3.10. The van der Waals surface area contributed by atoms with Crippen molar-refractivity contribution < 1.29 is 0 Å². The van der Waals surface area contributed by atoms with Crippen LogP contribution in [0.25, 0.3) is 0 Å². The second kappa shape index (κ2) is 3.05. The van der Waals surface area contributed by atoms with Gasteiger partial charge in [0.15, 0.2) is 0 Å². The van der Waals surface area contributed by atoms with Crippen molar-refractivity contribution in [2.45, 2.75) is 39.0 Å². The van der Waals surface area contributed by atoms with Gasteiger partial charge < -0.3 is 0 Å². The van der Waals surface area contributed by atoms with Crippen molar-refractivity contribution in [1.82, 2.24) is 0 Å². The molecular formula is C9H16. The Kier molecular flexibility index (Phi) is 2.32. The zero-order valence-electron chi connectivity index (χ0n) is 6.32. The molecule has 0 spiro atoms. The summed E-state index contributed by atoms with van der Waals surface area (Å²) >= 11 is 0. The summed E-state index contributed by atoms with van der Waals surface area (Å²) in [6, 6.07) is 0. The van der Waals surface area contributed by atoms with Crippen molar-refractivity contribution in [1.29, 1.82) is 0 Å². The predicted molar refractivity (Wildman–Crippen MR) is 41.4 cm³/mol. The molecule has 0 aromatic carbocycles. The number of hydrogen-bond acceptors (Lipinski definition) is 0. The lowest BCUT2D eigenvalue weighted by molar-refractivity contribution is 0.398. The van der Waals surface area contributed by atoms with Crippen LogP contribution in [0.5, 0.6) is 0 Å². The van der Waals surface area contributed by atoms with Gasteiger partial charge in [-0.15, -0.1) is 0 Å². The van der Waals surface area contributed by atoms with Crippen LogP contribution in [0.2, 0.25) is 0 Å². The van der Waals surface area contributed by atoms with E-state index in [1.807, 2.05) is 0 Å². The fourth-order valence-corrected chi connectivity index (χ4v) is 1.49. The maximum absolute atomic E-state index is 3.98. The highest BCUT2D eigenvalue weighted by Crippen LogP contribution is 2.28. The van der Waals surface area contributed by atoms with E-state index < -0.39 is 0 Å². The lowest BCUT2D eigenvalue weighted by Gasteiger charge is -2.21. The lowest BCUT2D eigenvalue weighted by atomic mass is 9.85. The molecule has 0 heterocycles. The van der Waals surface area contributed by atoms with Crippen molar-refractivity contribution in [3.8, 4) is 0 Å². The first-order valence-corrected chi connectivity index (χ1v) is 3.99. The zero-order chi connectivity index (χ0) is 6.69. The molecule has 52 valence electrons. The van der Waals surface area contributed by atoms with Gasteiger partial charge in [0.1, 0.15) is 0 Å². The zero-order valence-corrected chi connectivity index (χ0v) is 6.32. The Hall–Kier alpha value is -0.260. The molecule has 0 heteroatoms. The van der Waals surface area contributed by atoms with E-state index in [0.29, 0.717) is 0 Å². The summed E-state index contributed by atoms with van der Waals surface area (Å²) in [6.45, 7) is 6.27. The largest absolute Gasteiger partial charge is 0.0999 e. The quantitative estimate of drug-likeness (QED) is 0.471. The molecule has 1 aliphatic carbocycles. The molecule has 0 saturated heterocycles. The summed E-state index contributed by atoms with van der Waals surface area (Å²) in [5, 5.41) is 0. The van der Waals surface area contributed by atoms with Crippen LogP contribution in [0.1, 0.15) is 39.0 Å². The molecule has 0 nitrogen and oxygen atoms in total. The summed E-state index contributed by atoms with van der Waals surface area (Å²) in [6.07, 6.45) is 6.74. The minimum Gasteiger partial charge on any atom is -0.0999 e. The molecular weight excluding hydrogens is 108 g/mol. The summed E-state index contributed by atoms with van der Waals surface area (Å²) in [7, 11) is 0. The third kappa shape index (κ3) is 1.85. The average Bonchev–Trinajstić information content (AvgIpc) is 1.90. The van der Waals surface area contributed by atoms with Gasteiger partial charge in [-0.2, -0.15) is 0 Å². The van der Waals surface area contributed by atoms with Gasteiger partial charge in [-0.25, -0.2) is 0 Å². The molecule has 0 atom stereocenters. The van der Waals surface area contributed by atoms with E-state index in [4.69, 9.17) is 0 Å². The number of hydrogen-bond donors (Lipinski definition) is 0. The van der Waals surface area contributed by atoms with Gasteiger partial charge in [-0.05, 0) is 31.6 Å².